The summed E-state index contributed by atoms with van der Waals surface area (Å²) in [4.78, 5) is 4.27. The average molecular weight is 521 g/mol. The van der Waals surface area contributed by atoms with Crippen LogP contribution in [0.5, 0.6) is 11.5 Å². The summed E-state index contributed by atoms with van der Waals surface area (Å²) in [6, 6.07) is 5.98. The van der Waals surface area contributed by atoms with Crippen molar-refractivity contribution in [3.05, 3.63) is 23.8 Å². The van der Waals surface area contributed by atoms with Gasteiger partial charge in [-0.05, 0) is 37.0 Å². The fourth-order valence-electron chi connectivity index (χ4n) is 2.91. The molecule has 1 aliphatic heterocycles. The van der Waals surface area contributed by atoms with Gasteiger partial charge in [0.25, 0.3) is 0 Å². The molecule has 1 unspecified atom stereocenters. The first-order valence-electron chi connectivity index (χ1n) is 10.2. The summed E-state index contributed by atoms with van der Waals surface area (Å²) in [5, 5.41) is 6.63. The van der Waals surface area contributed by atoms with Crippen molar-refractivity contribution >= 4 is 29.9 Å². The molecule has 1 atom stereocenters. The predicted octanol–water partition coefficient (Wildman–Crippen LogP) is 3.21. The third-order valence-corrected chi connectivity index (χ3v) is 4.51. The van der Waals surface area contributed by atoms with Crippen molar-refractivity contribution in [2.75, 3.05) is 53.7 Å². The third-order valence-electron chi connectivity index (χ3n) is 4.51. The van der Waals surface area contributed by atoms with Crippen molar-refractivity contribution in [2.45, 2.75) is 32.7 Å². The number of benzene rings is 1. The second kappa shape index (κ2) is 15.6. The summed E-state index contributed by atoms with van der Waals surface area (Å²) < 4.78 is 22.2. The van der Waals surface area contributed by atoms with Gasteiger partial charge < -0.3 is 29.6 Å². The Bertz CT molecular complexity index is 595. The number of rotatable bonds is 12. The lowest BCUT2D eigenvalue weighted by Gasteiger charge is -2.14. The summed E-state index contributed by atoms with van der Waals surface area (Å²) >= 11 is 0. The molecule has 7 nitrogen and oxygen atoms in total. The van der Waals surface area contributed by atoms with E-state index in [1.165, 1.54) is 0 Å². The fraction of sp³-hybridized carbons (Fsp3) is 0.667. The topological polar surface area (TPSA) is 73.3 Å². The molecule has 0 bridgehead atoms. The van der Waals surface area contributed by atoms with Crippen LogP contribution in [0.2, 0.25) is 0 Å². The van der Waals surface area contributed by atoms with Gasteiger partial charge in [0.05, 0.1) is 26.9 Å². The average Bonchev–Trinajstić information content (AvgIpc) is 3.25. The molecule has 2 N–H and O–H groups in total. The fourth-order valence-corrected chi connectivity index (χ4v) is 2.91. The number of nitrogens with zero attached hydrogens (tertiary/aromatic N) is 1. The maximum absolute atomic E-state index is 5.72. The largest absolute Gasteiger partial charge is 0.493 e. The van der Waals surface area contributed by atoms with Crippen LogP contribution in [0.4, 0.5) is 0 Å². The zero-order valence-corrected chi connectivity index (χ0v) is 20.2. The van der Waals surface area contributed by atoms with Crippen LogP contribution in [0.1, 0.15) is 31.7 Å². The molecule has 0 saturated carbocycles. The van der Waals surface area contributed by atoms with E-state index in [0.29, 0.717) is 19.1 Å². The second-order valence-electron chi connectivity index (χ2n) is 6.84. The van der Waals surface area contributed by atoms with Gasteiger partial charge in [0.2, 0.25) is 0 Å². The lowest BCUT2D eigenvalue weighted by molar-refractivity contribution is 0.0888. The van der Waals surface area contributed by atoms with Gasteiger partial charge in [-0.2, -0.15) is 0 Å². The molecule has 1 saturated heterocycles. The molecule has 0 spiro atoms. The van der Waals surface area contributed by atoms with E-state index in [1.807, 2.05) is 18.2 Å². The van der Waals surface area contributed by atoms with E-state index in [0.717, 1.165) is 75.3 Å². The Morgan fingerprint density at radius 1 is 1.24 bits per heavy atom. The molecule has 0 aliphatic carbocycles. The van der Waals surface area contributed by atoms with E-state index in [4.69, 9.17) is 18.9 Å². The highest BCUT2D eigenvalue weighted by Gasteiger charge is 2.15. The first-order chi connectivity index (χ1) is 13.8. The quantitative estimate of drug-likeness (QED) is 0.191. The predicted molar refractivity (Wildman–Crippen MR) is 127 cm³/mol. The summed E-state index contributed by atoms with van der Waals surface area (Å²) in [5.41, 5.74) is 1.10. The van der Waals surface area contributed by atoms with Gasteiger partial charge >= 0.3 is 0 Å². The van der Waals surface area contributed by atoms with E-state index < -0.39 is 0 Å². The number of methoxy groups -OCH3 is 1. The smallest absolute Gasteiger partial charge is 0.191 e. The number of ether oxygens (including phenoxy) is 4. The van der Waals surface area contributed by atoms with Crippen molar-refractivity contribution in [3.8, 4) is 11.5 Å². The molecule has 0 radical (unpaired) electrons. The third kappa shape index (κ3) is 9.86. The van der Waals surface area contributed by atoms with Crippen LogP contribution in [0, 0.1) is 5.92 Å². The van der Waals surface area contributed by atoms with Gasteiger partial charge in [-0.3, -0.25) is 4.99 Å². The van der Waals surface area contributed by atoms with Gasteiger partial charge in [-0.1, -0.05) is 13.0 Å². The van der Waals surface area contributed by atoms with E-state index in [2.05, 4.69) is 22.5 Å². The minimum absolute atomic E-state index is 0. The summed E-state index contributed by atoms with van der Waals surface area (Å²) in [7, 11) is 3.43. The maximum Gasteiger partial charge on any atom is 0.191 e. The van der Waals surface area contributed by atoms with Crippen LogP contribution in [-0.2, 0) is 16.0 Å². The molecule has 8 heteroatoms. The van der Waals surface area contributed by atoms with Gasteiger partial charge in [-0.25, -0.2) is 0 Å². The molecule has 1 aromatic rings. The highest BCUT2D eigenvalue weighted by molar-refractivity contribution is 14.0. The number of hydrogen-bond acceptors (Lipinski definition) is 5. The Morgan fingerprint density at radius 2 is 2.10 bits per heavy atom. The first kappa shape index (κ1) is 25.8. The summed E-state index contributed by atoms with van der Waals surface area (Å²) in [6.07, 6.45) is 3.02. The van der Waals surface area contributed by atoms with Gasteiger partial charge in [0, 0.05) is 39.3 Å². The zero-order valence-electron chi connectivity index (χ0n) is 17.9. The first-order valence-corrected chi connectivity index (χ1v) is 10.2. The minimum atomic E-state index is 0. The maximum atomic E-state index is 5.72. The molecular weight excluding hydrogens is 485 g/mol. The van der Waals surface area contributed by atoms with E-state index in [9.17, 15) is 0 Å². The van der Waals surface area contributed by atoms with Crippen molar-refractivity contribution in [2.24, 2.45) is 10.9 Å². The van der Waals surface area contributed by atoms with Crippen molar-refractivity contribution in [1.29, 1.82) is 0 Å². The Balaban J connectivity index is 0.00000420. The highest BCUT2D eigenvalue weighted by atomic mass is 127. The van der Waals surface area contributed by atoms with Crippen molar-refractivity contribution in [3.63, 3.8) is 0 Å². The number of nitrogens with one attached hydrogen (secondary N) is 2. The summed E-state index contributed by atoms with van der Waals surface area (Å²) in [6.45, 7) is 7.49. The Labute approximate surface area is 191 Å². The molecule has 1 fully saturated rings. The second-order valence-corrected chi connectivity index (χ2v) is 6.84. The molecule has 29 heavy (non-hydrogen) atoms. The Morgan fingerprint density at radius 3 is 2.79 bits per heavy atom. The normalized spacial score (nSPS) is 16.2. The standard InChI is InChI=1S/C21H35N3O4.HI/c1-4-10-28-19-7-6-17(13-20(19)25-3)14-24-21(22-2)23-9-5-11-26-15-18-8-12-27-16-18;/h6-7,13,18H,4-5,8-12,14-16H2,1-3H3,(H2,22,23,24);1H. The molecule has 0 aromatic heterocycles. The van der Waals surface area contributed by atoms with Crippen molar-refractivity contribution in [1.82, 2.24) is 10.6 Å². The molecule has 1 aliphatic rings. The molecule has 1 heterocycles. The Kier molecular flexibility index (Phi) is 13.8. The molecule has 166 valence electrons. The molecular formula is C21H36IN3O4. The van der Waals surface area contributed by atoms with E-state index in [-0.39, 0.29) is 24.0 Å². The van der Waals surface area contributed by atoms with Crippen LogP contribution in [-0.4, -0.2) is 59.7 Å². The van der Waals surface area contributed by atoms with Crippen molar-refractivity contribution < 1.29 is 18.9 Å². The SMILES string of the molecule is CCCOc1ccc(CNC(=NC)NCCCOCC2CCOC2)cc1OC.I. The summed E-state index contributed by atoms with van der Waals surface area (Å²) in [5.74, 6) is 2.87. The van der Waals surface area contributed by atoms with E-state index in [1.54, 1.807) is 14.2 Å². The van der Waals surface area contributed by atoms with E-state index >= 15 is 0 Å². The van der Waals surface area contributed by atoms with Crippen LogP contribution in [0.15, 0.2) is 23.2 Å². The number of guanidine groups is 1. The molecule has 0 amide bonds. The van der Waals surface area contributed by atoms with Crippen LogP contribution in [0.3, 0.4) is 0 Å². The lowest BCUT2D eigenvalue weighted by Crippen LogP contribution is -2.37. The monoisotopic (exact) mass is 521 g/mol. The lowest BCUT2D eigenvalue weighted by atomic mass is 10.1. The molecule has 1 aromatic carbocycles. The Hall–Kier alpha value is -1.26. The zero-order chi connectivity index (χ0) is 20.0. The van der Waals surface area contributed by atoms with Gasteiger partial charge in [-0.15, -0.1) is 24.0 Å². The van der Waals surface area contributed by atoms with Crippen LogP contribution in [0.25, 0.3) is 0 Å². The number of aliphatic imine (C=N–C) groups is 1. The van der Waals surface area contributed by atoms with Gasteiger partial charge in [0.15, 0.2) is 17.5 Å². The highest BCUT2D eigenvalue weighted by Crippen LogP contribution is 2.28. The number of halogens is 1. The minimum Gasteiger partial charge on any atom is -0.493 e. The number of hydrogen-bond donors (Lipinski definition) is 2. The van der Waals surface area contributed by atoms with Gasteiger partial charge in [0.1, 0.15) is 0 Å². The van der Waals surface area contributed by atoms with Crippen LogP contribution >= 0.6 is 24.0 Å². The van der Waals surface area contributed by atoms with Crippen LogP contribution < -0.4 is 20.1 Å². The molecule has 2 rings (SSSR count).